The van der Waals surface area contributed by atoms with Crippen molar-refractivity contribution in [3.8, 4) is 16.9 Å². The van der Waals surface area contributed by atoms with Gasteiger partial charge in [-0.2, -0.15) is 4.39 Å². The topological polar surface area (TPSA) is 183 Å². The standard InChI is InChI=1S/C18H14BrF2N5O.C6H8O6.Na/c1-9-4-14(20)12(18(27)23-11-2-3-11)6-16(9)26-8-15(24-25-26)13-5-10(19)7-22-17(13)21;7-1-2(8)5-3(9)4(10)6(11)12-5;/h4-8,11H,2-3H2,1H3,(H,23,27);2,5,7-10H,1H2;/q;;+1/p-1/t;2-,5+;/m.0./s1. The Kier molecular flexibility index (Phi) is 10.4. The maximum atomic E-state index is 14.3. The Hall–Kier alpha value is -2.95. The van der Waals surface area contributed by atoms with E-state index < -0.39 is 54.0 Å². The van der Waals surface area contributed by atoms with E-state index in [1.165, 1.54) is 29.2 Å². The Morgan fingerprint density at radius 3 is 2.62 bits per heavy atom. The van der Waals surface area contributed by atoms with Gasteiger partial charge in [-0.05, 0) is 65.2 Å². The van der Waals surface area contributed by atoms with Crippen LogP contribution in [0.4, 0.5) is 8.78 Å². The molecule has 0 bridgehead atoms. The zero-order valence-electron chi connectivity index (χ0n) is 21.1. The molecule has 2 aliphatic rings. The summed E-state index contributed by atoms with van der Waals surface area (Å²) < 4.78 is 34.5. The number of amides is 1. The molecule has 3 heterocycles. The Labute approximate surface area is 256 Å². The molecule has 12 nitrogen and oxygen atoms in total. The number of halogens is 3. The number of nitrogens with zero attached hydrogens (tertiary/aromatic N) is 4. The number of aryl methyl sites for hydroxylation is 1. The molecule has 16 heteroatoms. The molecule has 1 amide bonds. The van der Waals surface area contributed by atoms with Gasteiger partial charge in [0.15, 0.2) is 5.76 Å². The molecule has 1 aromatic carbocycles. The number of pyridine rings is 1. The van der Waals surface area contributed by atoms with E-state index in [0.29, 0.717) is 15.7 Å². The molecular formula is C24H21BrF2N5NaO7. The summed E-state index contributed by atoms with van der Waals surface area (Å²) in [5, 5.41) is 47.5. The smallest absolute Gasteiger partial charge is 0.870 e. The van der Waals surface area contributed by atoms with E-state index in [4.69, 9.17) is 15.3 Å². The molecule has 1 aliphatic carbocycles. The normalized spacial score (nSPS) is 16.9. The molecule has 5 rings (SSSR count). The maximum absolute atomic E-state index is 14.3. The molecule has 206 valence electrons. The maximum Gasteiger partial charge on any atom is 1.00 e. The van der Waals surface area contributed by atoms with Crippen LogP contribution in [0.2, 0.25) is 0 Å². The molecule has 1 aliphatic heterocycles. The fraction of sp³-hybridized carbons (Fsp3) is 0.292. The van der Waals surface area contributed by atoms with Crippen molar-refractivity contribution in [2.75, 3.05) is 6.61 Å². The van der Waals surface area contributed by atoms with E-state index in [1.54, 1.807) is 13.0 Å². The van der Waals surface area contributed by atoms with Crippen molar-refractivity contribution in [2.24, 2.45) is 0 Å². The number of aromatic nitrogens is 4. The van der Waals surface area contributed by atoms with Gasteiger partial charge >= 0.3 is 35.5 Å². The first-order valence-electron chi connectivity index (χ1n) is 11.4. The van der Waals surface area contributed by atoms with Crippen LogP contribution < -0.4 is 40.0 Å². The summed E-state index contributed by atoms with van der Waals surface area (Å²) in [7, 11) is 0. The van der Waals surface area contributed by atoms with Crippen LogP contribution >= 0.6 is 15.9 Å². The van der Waals surface area contributed by atoms with Gasteiger partial charge in [0.25, 0.3) is 5.91 Å². The number of aliphatic hydroxyl groups is 3. The van der Waals surface area contributed by atoms with Gasteiger partial charge in [0, 0.05) is 16.7 Å². The second kappa shape index (κ2) is 13.1. The molecule has 0 spiro atoms. The Morgan fingerprint density at radius 2 is 2.02 bits per heavy atom. The second-order valence-corrected chi connectivity index (χ2v) is 9.61. The third-order valence-corrected chi connectivity index (χ3v) is 6.15. The van der Waals surface area contributed by atoms with Crippen molar-refractivity contribution in [1.29, 1.82) is 0 Å². The molecule has 2 aromatic heterocycles. The minimum Gasteiger partial charge on any atom is -0.870 e. The third-order valence-electron chi connectivity index (χ3n) is 5.72. The van der Waals surface area contributed by atoms with E-state index >= 15 is 0 Å². The van der Waals surface area contributed by atoms with Crippen LogP contribution in [-0.4, -0.2) is 72.0 Å². The predicted molar refractivity (Wildman–Crippen MR) is 130 cm³/mol. The van der Waals surface area contributed by atoms with Crippen molar-refractivity contribution < 1.29 is 73.1 Å². The predicted octanol–water partition coefficient (Wildman–Crippen LogP) is -2.03. The largest absolute Gasteiger partial charge is 1.00 e. The Bertz CT molecular complexity index is 1470. The van der Waals surface area contributed by atoms with Gasteiger partial charge in [0.05, 0.1) is 29.6 Å². The quantitative estimate of drug-likeness (QED) is 0.134. The van der Waals surface area contributed by atoms with Gasteiger partial charge in [-0.1, -0.05) is 5.21 Å². The van der Waals surface area contributed by atoms with Crippen LogP contribution in [0.5, 0.6) is 0 Å². The van der Waals surface area contributed by atoms with Gasteiger partial charge in [0.1, 0.15) is 23.7 Å². The first-order chi connectivity index (χ1) is 18.5. The van der Waals surface area contributed by atoms with Crippen LogP contribution in [0, 0.1) is 18.7 Å². The number of rotatable bonds is 6. The number of esters is 1. The number of cyclic esters (lactones) is 1. The molecule has 0 saturated heterocycles. The fourth-order valence-electron chi connectivity index (χ4n) is 3.49. The van der Waals surface area contributed by atoms with Gasteiger partial charge in [-0.15, -0.1) is 5.10 Å². The van der Waals surface area contributed by atoms with Crippen molar-refractivity contribution in [2.45, 2.75) is 38.0 Å². The third kappa shape index (κ3) is 7.03. The molecule has 3 aromatic rings. The second-order valence-electron chi connectivity index (χ2n) is 8.70. The van der Waals surface area contributed by atoms with E-state index in [-0.39, 0.29) is 52.4 Å². The van der Waals surface area contributed by atoms with E-state index in [2.05, 4.69) is 41.3 Å². The number of aliphatic hydroxyl groups excluding tert-OH is 3. The molecular weight excluding hydrogens is 611 g/mol. The van der Waals surface area contributed by atoms with Crippen molar-refractivity contribution in [3.63, 3.8) is 0 Å². The van der Waals surface area contributed by atoms with Crippen LogP contribution in [0.15, 0.2) is 46.6 Å². The van der Waals surface area contributed by atoms with E-state index in [9.17, 15) is 23.5 Å². The number of carbonyl (C=O) groups is 2. The summed E-state index contributed by atoms with van der Waals surface area (Å²) in [6.45, 7) is 0.987. The van der Waals surface area contributed by atoms with Crippen LogP contribution in [0.3, 0.4) is 0 Å². The SMILES string of the molecule is Cc1cc(F)c(C(=O)NC2CC2)cc1-n1cc(-c2cc(Br)cnc2F)nn1.O=C1O[C@H]([C@@H](O)CO)C([O-])=C1O.[Na+]. The fourth-order valence-corrected chi connectivity index (χ4v) is 3.82. The van der Waals surface area contributed by atoms with E-state index in [1.807, 2.05) is 0 Å². The number of hydrogen-bond acceptors (Lipinski definition) is 10. The number of ether oxygens (including phenoxy) is 1. The summed E-state index contributed by atoms with van der Waals surface area (Å²) >= 11 is 3.24. The first kappa shape index (κ1) is 31.6. The van der Waals surface area contributed by atoms with Crippen molar-refractivity contribution in [3.05, 3.63) is 69.5 Å². The van der Waals surface area contributed by atoms with Crippen molar-refractivity contribution >= 4 is 27.8 Å². The number of benzene rings is 1. The summed E-state index contributed by atoms with van der Waals surface area (Å²) in [4.78, 5) is 26.4. The zero-order valence-corrected chi connectivity index (χ0v) is 24.7. The summed E-state index contributed by atoms with van der Waals surface area (Å²) in [5.41, 5.74) is 1.45. The summed E-state index contributed by atoms with van der Waals surface area (Å²) in [5.74, 6) is -4.94. The molecule has 1 saturated carbocycles. The van der Waals surface area contributed by atoms with Gasteiger partial charge in [-0.25, -0.2) is 18.9 Å². The van der Waals surface area contributed by atoms with Gasteiger partial charge < -0.3 is 30.5 Å². The average Bonchev–Trinajstić information content (AvgIpc) is 3.52. The molecule has 4 N–H and O–H groups in total. The minimum atomic E-state index is -1.48. The molecule has 1 fully saturated rings. The number of hydrogen-bond donors (Lipinski definition) is 4. The van der Waals surface area contributed by atoms with Gasteiger partial charge in [0.2, 0.25) is 5.95 Å². The molecule has 0 radical (unpaired) electrons. The van der Waals surface area contributed by atoms with Crippen LogP contribution in [-0.2, 0) is 9.53 Å². The summed E-state index contributed by atoms with van der Waals surface area (Å²) in [6.07, 6.45) is 1.72. The van der Waals surface area contributed by atoms with Crippen LogP contribution in [0.25, 0.3) is 16.9 Å². The summed E-state index contributed by atoms with van der Waals surface area (Å²) in [6, 6.07) is 4.37. The minimum absolute atomic E-state index is 0. The Balaban J connectivity index is 0.000000287. The molecule has 40 heavy (non-hydrogen) atoms. The average molecular weight is 632 g/mol. The first-order valence-corrected chi connectivity index (χ1v) is 12.2. The molecule has 0 unspecified atom stereocenters. The Morgan fingerprint density at radius 1 is 1.32 bits per heavy atom. The molecule has 2 atom stereocenters. The van der Waals surface area contributed by atoms with Crippen LogP contribution in [0.1, 0.15) is 28.8 Å². The number of carbonyl (C=O) groups excluding carboxylic acids is 2. The van der Waals surface area contributed by atoms with E-state index in [0.717, 1.165) is 12.8 Å². The van der Waals surface area contributed by atoms with Gasteiger partial charge in [-0.3, -0.25) is 4.79 Å². The van der Waals surface area contributed by atoms with Crippen molar-refractivity contribution in [1.82, 2.24) is 25.3 Å². The monoisotopic (exact) mass is 631 g/mol. The number of nitrogens with one attached hydrogen (secondary N) is 1. The zero-order chi connectivity index (χ0) is 28.4.